The predicted molar refractivity (Wildman–Crippen MR) is 84.5 cm³/mol. The van der Waals surface area contributed by atoms with Gasteiger partial charge in [0.05, 0.1) is 12.4 Å². The van der Waals surface area contributed by atoms with Gasteiger partial charge in [0, 0.05) is 18.1 Å². The van der Waals surface area contributed by atoms with Gasteiger partial charge in [0.1, 0.15) is 11.5 Å². The van der Waals surface area contributed by atoms with Gasteiger partial charge in [-0.3, -0.25) is 4.79 Å². The number of nitrogens with one attached hydrogen (secondary N) is 1. The second kappa shape index (κ2) is 6.41. The van der Waals surface area contributed by atoms with E-state index in [4.69, 9.17) is 0 Å². The monoisotopic (exact) mass is 290 g/mol. The maximum Gasteiger partial charge on any atom is 0.271 e. The van der Waals surface area contributed by atoms with Crippen molar-refractivity contribution in [1.29, 1.82) is 0 Å². The molecule has 116 valence electrons. The molecule has 1 aliphatic heterocycles. The number of carbonyl (C=O) groups excluding carboxylic acids is 1. The number of anilines is 1. The van der Waals surface area contributed by atoms with Crippen molar-refractivity contribution in [2.75, 3.05) is 11.4 Å². The van der Waals surface area contributed by atoms with Crippen LogP contribution in [-0.2, 0) is 0 Å². The molecule has 0 saturated carbocycles. The Labute approximate surface area is 127 Å². The molecule has 1 saturated heterocycles. The first-order valence-electron chi connectivity index (χ1n) is 7.82. The van der Waals surface area contributed by atoms with Gasteiger partial charge in [0.25, 0.3) is 5.91 Å². The van der Waals surface area contributed by atoms with Gasteiger partial charge >= 0.3 is 0 Å². The molecule has 1 N–H and O–H groups in total. The van der Waals surface area contributed by atoms with Gasteiger partial charge in [0.15, 0.2) is 0 Å². The Morgan fingerprint density at radius 3 is 2.67 bits per heavy atom. The summed E-state index contributed by atoms with van der Waals surface area (Å²) in [6.07, 6.45) is 8.13. The van der Waals surface area contributed by atoms with Crippen molar-refractivity contribution in [1.82, 2.24) is 15.3 Å². The summed E-state index contributed by atoms with van der Waals surface area (Å²) in [4.78, 5) is 23.1. The van der Waals surface area contributed by atoms with E-state index in [1.807, 2.05) is 20.8 Å². The number of rotatable bonds is 3. The molecule has 21 heavy (non-hydrogen) atoms. The van der Waals surface area contributed by atoms with Crippen molar-refractivity contribution >= 4 is 11.7 Å². The Kier molecular flexibility index (Phi) is 4.80. The van der Waals surface area contributed by atoms with Crippen LogP contribution in [0.1, 0.15) is 63.9 Å². The van der Waals surface area contributed by atoms with Crippen LogP contribution in [0.4, 0.5) is 5.82 Å². The average Bonchev–Trinajstić information content (AvgIpc) is 2.45. The highest BCUT2D eigenvalue weighted by atomic mass is 16.2. The molecule has 1 aliphatic rings. The minimum absolute atomic E-state index is 0.174. The molecule has 0 radical (unpaired) electrons. The fourth-order valence-corrected chi connectivity index (χ4v) is 2.72. The van der Waals surface area contributed by atoms with E-state index in [-0.39, 0.29) is 11.4 Å². The summed E-state index contributed by atoms with van der Waals surface area (Å²) in [5.74, 6) is 0.709. The van der Waals surface area contributed by atoms with E-state index in [0.717, 1.165) is 18.8 Å². The van der Waals surface area contributed by atoms with E-state index in [9.17, 15) is 4.79 Å². The average molecular weight is 290 g/mol. The molecule has 5 heteroatoms. The molecule has 2 heterocycles. The van der Waals surface area contributed by atoms with Crippen LogP contribution >= 0.6 is 0 Å². The van der Waals surface area contributed by atoms with Gasteiger partial charge < -0.3 is 10.2 Å². The second-order valence-corrected chi connectivity index (χ2v) is 6.72. The third kappa shape index (κ3) is 4.16. The van der Waals surface area contributed by atoms with Crippen molar-refractivity contribution in [3.05, 3.63) is 18.1 Å². The van der Waals surface area contributed by atoms with Crippen molar-refractivity contribution in [3.8, 4) is 0 Å². The molecule has 0 aromatic carbocycles. The smallest absolute Gasteiger partial charge is 0.271 e. The van der Waals surface area contributed by atoms with Crippen molar-refractivity contribution in [2.24, 2.45) is 0 Å². The maximum absolute atomic E-state index is 12.0. The van der Waals surface area contributed by atoms with Gasteiger partial charge in [-0.2, -0.15) is 0 Å². The minimum Gasteiger partial charge on any atom is -0.352 e. The summed E-state index contributed by atoms with van der Waals surface area (Å²) < 4.78 is 0. The molecule has 1 fully saturated rings. The second-order valence-electron chi connectivity index (χ2n) is 6.72. The first-order valence-corrected chi connectivity index (χ1v) is 7.82. The van der Waals surface area contributed by atoms with Crippen molar-refractivity contribution in [3.63, 3.8) is 0 Å². The van der Waals surface area contributed by atoms with Gasteiger partial charge in [-0.15, -0.1) is 0 Å². The van der Waals surface area contributed by atoms with E-state index < -0.39 is 0 Å². The highest BCUT2D eigenvalue weighted by molar-refractivity contribution is 5.92. The van der Waals surface area contributed by atoms with E-state index in [0.29, 0.717) is 11.7 Å². The standard InChI is InChI=1S/C16H26N4O/c1-5-12-8-6-7-9-20(12)14-11-17-13(10-18-14)15(21)19-16(2,3)4/h10-12H,5-9H2,1-4H3,(H,19,21). The quantitative estimate of drug-likeness (QED) is 0.930. The normalized spacial score (nSPS) is 19.4. The lowest BCUT2D eigenvalue weighted by atomic mass is 10.0. The number of piperidine rings is 1. The fourth-order valence-electron chi connectivity index (χ4n) is 2.72. The Morgan fingerprint density at radius 1 is 1.33 bits per heavy atom. The maximum atomic E-state index is 12.0. The van der Waals surface area contributed by atoms with Crippen LogP contribution in [0.25, 0.3) is 0 Å². The Balaban J connectivity index is 2.09. The molecule has 1 amide bonds. The minimum atomic E-state index is -0.266. The van der Waals surface area contributed by atoms with Gasteiger partial charge in [-0.1, -0.05) is 6.92 Å². The largest absolute Gasteiger partial charge is 0.352 e. The number of carbonyl (C=O) groups is 1. The molecule has 1 unspecified atom stereocenters. The van der Waals surface area contributed by atoms with Gasteiger partial charge in [0.2, 0.25) is 0 Å². The predicted octanol–water partition coefficient (Wildman–Crippen LogP) is 2.77. The van der Waals surface area contributed by atoms with E-state index in [2.05, 4.69) is 27.1 Å². The zero-order valence-electron chi connectivity index (χ0n) is 13.5. The molecule has 0 spiro atoms. The molecule has 0 bridgehead atoms. The van der Waals surface area contributed by atoms with Crippen LogP contribution in [0.3, 0.4) is 0 Å². The van der Waals surface area contributed by atoms with Crippen LogP contribution < -0.4 is 10.2 Å². The summed E-state index contributed by atoms with van der Waals surface area (Å²) in [5.41, 5.74) is 0.108. The highest BCUT2D eigenvalue weighted by Gasteiger charge is 2.23. The number of hydrogen-bond acceptors (Lipinski definition) is 4. The summed E-state index contributed by atoms with van der Waals surface area (Å²) in [6.45, 7) is 9.09. The Morgan fingerprint density at radius 2 is 2.10 bits per heavy atom. The Hall–Kier alpha value is -1.65. The van der Waals surface area contributed by atoms with Crippen LogP contribution in [0.15, 0.2) is 12.4 Å². The van der Waals surface area contributed by atoms with Crippen LogP contribution in [-0.4, -0.2) is 34.0 Å². The third-order valence-corrected chi connectivity index (χ3v) is 3.75. The van der Waals surface area contributed by atoms with E-state index in [1.165, 1.54) is 19.3 Å². The number of hydrogen-bond donors (Lipinski definition) is 1. The highest BCUT2D eigenvalue weighted by Crippen LogP contribution is 2.24. The summed E-state index contributed by atoms with van der Waals surface area (Å²) in [6, 6.07) is 0.544. The molecule has 1 aromatic heterocycles. The zero-order valence-corrected chi connectivity index (χ0v) is 13.5. The lowest BCUT2D eigenvalue weighted by Crippen LogP contribution is -2.41. The first kappa shape index (κ1) is 15.7. The fraction of sp³-hybridized carbons (Fsp3) is 0.688. The van der Waals surface area contributed by atoms with E-state index >= 15 is 0 Å². The lowest BCUT2D eigenvalue weighted by Gasteiger charge is -2.35. The van der Waals surface area contributed by atoms with Gasteiger partial charge in [-0.05, 0) is 46.5 Å². The van der Waals surface area contributed by atoms with Gasteiger partial charge in [-0.25, -0.2) is 9.97 Å². The number of nitrogens with zero attached hydrogens (tertiary/aromatic N) is 3. The van der Waals surface area contributed by atoms with Crippen LogP contribution in [0, 0.1) is 0 Å². The third-order valence-electron chi connectivity index (χ3n) is 3.75. The molecule has 2 rings (SSSR count). The molecule has 1 atom stereocenters. The molecule has 5 nitrogen and oxygen atoms in total. The zero-order chi connectivity index (χ0) is 15.5. The summed E-state index contributed by atoms with van der Waals surface area (Å²) >= 11 is 0. The van der Waals surface area contributed by atoms with Crippen LogP contribution in [0.5, 0.6) is 0 Å². The lowest BCUT2D eigenvalue weighted by molar-refractivity contribution is 0.0914. The van der Waals surface area contributed by atoms with Crippen molar-refractivity contribution in [2.45, 2.75) is 65.0 Å². The van der Waals surface area contributed by atoms with E-state index in [1.54, 1.807) is 12.4 Å². The number of aromatic nitrogens is 2. The first-order chi connectivity index (χ1) is 9.90. The molecular weight excluding hydrogens is 264 g/mol. The SMILES string of the molecule is CCC1CCCCN1c1cnc(C(=O)NC(C)(C)C)cn1. The molecular formula is C16H26N4O. The summed E-state index contributed by atoms with van der Waals surface area (Å²) in [5, 5.41) is 2.90. The molecule has 1 aromatic rings. The van der Waals surface area contributed by atoms with Crippen LogP contribution in [0.2, 0.25) is 0 Å². The molecule has 0 aliphatic carbocycles. The summed E-state index contributed by atoms with van der Waals surface area (Å²) in [7, 11) is 0. The van der Waals surface area contributed by atoms with Crippen molar-refractivity contribution < 1.29 is 4.79 Å². The number of amides is 1. The Bertz CT molecular complexity index is 478. The topological polar surface area (TPSA) is 58.1 Å².